The fourth-order valence-corrected chi connectivity index (χ4v) is 4.03. The minimum absolute atomic E-state index is 0.0114. The number of para-hydroxylation sites is 1. The highest BCUT2D eigenvalue weighted by Gasteiger charge is 2.29. The van der Waals surface area contributed by atoms with Crippen molar-refractivity contribution in [2.24, 2.45) is 4.99 Å². The number of hydrogen-bond donors (Lipinski definition) is 1. The third kappa shape index (κ3) is 3.69. The van der Waals surface area contributed by atoms with E-state index in [4.69, 9.17) is 4.74 Å². The van der Waals surface area contributed by atoms with Crippen LogP contribution in [0, 0.1) is 0 Å². The summed E-state index contributed by atoms with van der Waals surface area (Å²) < 4.78 is 32.5. The number of sulfonamides is 1. The molecule has 0 spiro atoms. The highest BCUT2D eigenvalue weighted by atomic mass is 32.2. The summed E-state index contributed by atoms with van der Waals surface area (Å²) in [5.41, 5.74) is 1.73. The summed E-state index contributed by atoms with van der Waals surface area (Å²) in [6, 6.07) is 14.8. The molecule has 1 aliphatic heterocycles. The highest BCUT2D eigenvalue weighted by Crippen LogP contribution is 2.30. The van der Waals surface area contributed by atoms with Crippen molar-refractivity contribution in [2.75, 3.05) is 13.2 Å². The standard InChI is InChI=1S/C19H22N2O3S/c1-19(2,3)15-9-5-6-10-16(15)24-13-12-20-18-14-8-4-7-11-17(14)25(22,23)21-18/h4-11H,12-13H2,1-3H3,(H,20,21). The number of amidine groups is 1. The molecule has 0 unspecified atom stereocenters. The number of rotatable bonds is 4. The van der Waals surface area contributed by atoms with Crippen LogP contribution >= 0.6 is 0 Å². The van der Waals surface area contributed by atoms with Crippen LogP contribution in [0.4, 0.5) is 0 Å². The number of ether oxygens (including phenoxy) is 1. The lowest BCUT2D eigenvalue weighted by Gasteiger charge is -2.22. The maximum atomic E-state index is 12.0. The topological polar surface area (TPSA) is 67.8 Å². The fraction of sp³-hybridized carbons (Fsp3) is 0.316. The minimum Gasteiger partial charge on any atom is -0.491 e. The van der Waals surface area contributed by atoms with E-state index in [0.717, 1.165) is 11.3 Å². The lowest BCUT2D eigenvalue weighted by molar-refractivity contribution is 0.319. The average molecular weight is 358 g/mol. The molecule has 2 aromatic carbocycles. The summed E-state index contributed by atoms with van der Waals surface area (Å²) in [6.07, 6.45) is 0. The van der Waals surface area contributed by atoms with Gasteiger partial charge < -0.3 is 4.74 Å². The molecule has 0 atom stereocenters. The Bertz CT molecular complexity index is 912. The van der Waals surface area contributed by atoms with Gasteiger partial charge in [-0.25, -0.2) is 8.42 Å². The highest BCUT2D eigenvalue weighted by molar-refractivity contribution is 7.90. The molecule has 1 aliphatic rings. The van der Waals surface area contributed by atoms with Crippen molar-refractivity contribution in [1.29, 1.82) is 0 Å². The van der Waals surface area contributed by atoms with Gasteiger partial charge in [-0.15, -0.1) is 0 Å². The van der Waals surface area contributed by atoms with Crippen LogP contribution in [-0.2, 0) is 15.4 Å². The third-order valence-corrected chi connectivity index (χ3v) is 5.37. The van der Waals surface area contributed by atoms with Gasteiger partial charge in [-0.1, -0.05) is 51.1 Å². The van der Waals surface area contributed by atoms with Crippen molar-refractivity contribution < 1.29 is 13.2 Å². The quantitative estimate of drug-likeness (QED) is 0.854. The Hall–Kier alpha value is -2.34. The number of nitrogens with one attached hydrogen (secondary N) is 1. The van der Waals surface area contributed by atoms with E-state index >= 15 is 0 Å². The van der Waals surface area contributed by atoms with Gasteiger partial charge in [-0.05, 0) is 29.2 Å². The zero-order valence-electron chi connectivity index (χ0n) is 14.6. The van der Waals surface area contributed by atoms with Crippen LogP contribution in [0.5, 0.6) is 5.75 Å². The van der Waals surface area contributed by atoms with Crippen LogP contribution in [-0.4, -0.2) is 27.4 Å². The van der Waals surface area contributed by atoms with Crippen molar-refractivity contribution in [2.45, 2.75) is 31.1 Å². The SMILES string of the molecule is CC(C)(C)c1ccccc1OCCN=C1NS(=O)(=O)c2ccccc21. The summed E-state index contributed by atoms with van der Waals surface area (Å²) in [4.78, 5) is 4.64. The second-order valence-corrected chi connectivity index (χ2v) is 8.58. The second-order valence-electron chi connectivity index (χ2n) is 6.93. The van der Waals surface area contributed by atoms with Crippen molar-refractivity contribution in [3.8, 4) is 5.75 Å². The number of nitrogens with zero attached hydrogens (tertiary/aromatic N) is 1. The molecule has 2 aromatic rings. The van der Waals surface area contributed by atoms with Gasteiger partial charge in [0.05, 0.1) is 11.4 Å². The van der Waals surface area contributed by atoms with Gasteiger partial charge in [-0.2, -0.15) is 0 Å². The maximum Gasteiger partial charge on any atom is 0.263 e. The molecule has 1 N–H and O–H groups in total. The van der Waals surface area contributed by atoms with Gasteiger partial charge in [0, 0.05) is 5.56 Å². The molecule has 5 nitrogen and oxygen atoms in total. The zero-order chi connectivity index (χ0) is 18.1. The van der Waals surface area contributed by atoms with Crippen molar-refractivity contribution in [3.63, 3.8) is 0 Å². The van der Waals surface area contributed by atoms with Gasteiger partial charge in [0.2, 0.25) is 0 Å². The molecule has 132 valence electrons. The summed E-state index contributed by atoms with van der Waals surface area (Å²) in [5, 5.41) is 0. The Labute approximate surface area is 148 Å². The Kier molecular flexibility index (Phi) is 4.56. The van der Waals surface area contributed by atoms with Gasteiger partial charge in [0.25, 0.3) is 10.0 Å². The van der Waals surface area contributed by atoms with Gasteiger partial charge in [0.15, 0.2) is 0 Å². The normalized spacial score (nSPS) is 17.2. The Morgan fingerprint density at radius 1 is 1.04 bits per heavy atom. The average Bonchev–Trinajstić information content (AvgIpc) is 2.82. The molecule has 0 bridgehead atoms. The van der Waals surface area contributed by atoms with Crippen LogP contribution in [0.1, 0.15) is 31.9 Å². The molecular weight excluding hydrogens is 336 g/mol. The van der Waals surface area contributed by atoms with E-state index in [-0.39, 0.29) is 10.3 Å². The first-order valence-electron chi connectivity index (χ1n) is 8.18. The number of fused-ring (bicyclic) bond motifs is 1. The molecule has 0 fully saturated rings. The number of benzene rings is 2. The lowest BCUT2D eigenvalue weighted by Crippen LogP contribution is -2.23. The molecular formula is C19H22N2O3S. The van der Waals surface area contributed by atoms with E-state index in [9.17, 15) is 8.42 Å². The summed E-state index contributed by atoms with van der Waals surface area (Å²) in [6.45, 7) is 7.16. The molecule has 25 heavy (non-hydrogen) atoms. The Morgan fingerprint density at radius 3 is 2.48 bits per heavy atom. The fourth-order valence-electron chi connectivity index (χ4n) is 2.78. The predicted octanol–water partition coefficient (Wildman–Crippen LogP) is 3.10. The van der Waals surface area contributed by atoms with Crippen LogP contribution in [0.15, 0.2) is 58.4 Å². The Balaban J connectivity index is 1.70. The maximum absolute atomic E-state index is 12.0. The van der Waals surface area contributed by atoms with Crippen LogP contribution in [0.25, 0.3) is 0 Å². The van der Waals surface area contributed by atoms with Crippen LogP contribution in [0.2, 0.25) is 0 Å². The minimum atomic E-state index is -3.49. The van der Waals surface area contributed by atoms with Crippen LogP contribution < -0.4 is 9.46 Å². The molecule has 0 saturated heterocycles. The molecule has 0 amide bonds. The molecule has 6 heteroatoms. The molecule has 0 aromatic heterocycles. The van der Waals surface area contributed by atoms with Crippen molar-refractivity contribution in [3.05, 3.63) is 59.7 Å². The van der Waals surface area contributed by atoms with E-state index in [2.05, 4.69) is 36.6 Å². The number of aliphatic imine (C=N–C) groups is 1. The molecule has 0 saturated carbocycles. The van der Waals surface area contributed by atoms with E-state index in [1.807, 2.05) is 18.2 Å². The monoisotopic (exact) mass is 358 g/mol. The van der Waals surface area contributed by atoms with Crippen LogP contribution in [0.3, 0.4) is 0 Å². The molecule has 1 heterocycles. The van der Waals surface area contributed by atoms with E-state index in [1.165, 1.54) is 0 Å². The third-order valence-electron chi connectivity index (χ3n) is 3.98. The smallest absolute Gasteiger partial charge is 0.263 e. The lowest BCUT2D eigenvalue weighted by atomic mass is 9.86. The largest absolute Gasteiger partial charge is 0.491 e. The van der Waals surface area contributed by atoms with E-state index in [1.54, 1.807) is 24.3 Å². The van der Waals surface area contributed by atoms with Crippen molar-refractivity contribution in [1.82, 2.24) is 4.72 Å². The molecule has 0 aliphatic carbocycles. The van der Waals surface area contributed by atoms with E-state index in [0.29, 0.717) is 24.6 Å². The van der Waals surface area contributed by atoms with Gasteiger partial charge >= 0.3 is 0 Å². The summed E-state index contributed by atoms with van der Waals surface area (Å²) in [5.74, 6) is 1.21. The van der Waals surface area contributed by atoms with Gasteiger partial charge in [0.1, 0.15) is 18.2 Å². The second kappa shape index (κ2) is 6.52. The number of hydrogen-bond acceptors (Lipinski definition) is 4. The molecule has 3 rings (SSSR count). The zero-order valence-corrected chi connectivity index (χ0v) is 15.4. The summed E-state index contributed by atoms with van der Waals surface area (Å²) >= 11 is 0. The van der Waals surface area contributed by atoms with Crippen molar-refractivity contribution >= 4 is 15.9 Å². The van der Waals surface area contributed by atoms with Gasteiger partial charge in [-0.3, -0.25) is 9.71 Å². The summed E-state index contributed by atoms with van der Waals surface area (Å²) in [7, 11) is -3.49. The molecule has 0 radical (unpaired) electrons. The first kappa shape index (κ1) is 17.5. The Morgan fingerprint density at radius 2 is 1.72 bits per heavy atom. The van der Waals surface area contributed by atoms with E-state index < -0.39 is 10.0 Å². The predicted molar refractivity (Wildman–Crippen MR) is 98.8 cm³/mol. The first-order chi connectivity index (χ1) is 11.8. The first-order valence-corrected chi connectivity index (χ1v) is 9.66.